The molecule has 0 amide bonds. The average Bonchev–Trinajstić information content (AvgIpc) is 3.12. The van der Waals surface area contributed by atoms with Crippen LogP contribution in [-0.2, 0) is 6.54 Å². The molecule has 0 fully saturated rings. The van der Waals surface area contributed by atoms with E-state index in [9.17, 15) is 4.39 Å². The number of hydrogen-bond donors (Lipinski definition) is 0. The average molecular weight is 501 g/mol. The van der Waals surface area contributed by atoms with Crippen molar-refractivity contribution in [2.75, 3.05) is 0 Å². The van der Waals surface area contributed by atoms with Crippen LogP contribution >= 0.6 is 58.0 Å². The molecule has 4 rings (SSSR count). The molecule has 0 aliphatic carbocycles. The van der Waals surface area contributed by atoms with Gasteiger partial charge in [-0.15, -0.1) is 0 Å². The van der Waals surface area contributed by atoms with Crippen molar-refractivity contribution in [1.29, 1.82) is 0 Å². The third-order valence-electron chi connectivity index (χ3n) is 4.55. The summed E-state index contributed by atoms with van der Waals surface area (Å²) in [5, 5.41) is 6.82. The van der Waals surface area contributed by atoms with Crippen molar-refractivity contribution in [3.8, 4) is 22.5 Å². The van der Waals surface area contributed by atoms with Crippen molar-refractivity contribution < 1.29 is 4.39 Å². The maximum Gasteiger partial charge on any atom is 0.124 e. The first kappa shape index (κ1) is 21.5. The van der Waals surface area contributed by atoms with E-state index in [0.29, 0.717) is 37.4 Å². The summed E-state index contributed by atoms with van der Waals surface area (Å²) in [7, 11) is 0. The SMILES string of the molecule is Fc1ccc(Cn2nc(-c3ccc(Cl)c(Cl)c3)cc2-c2ccc(Cl)c(Cl)c2)c(Cl)c1. The first-order valence-corrected chi connectivity index (χ1v) is 10.6. The second kappa shape index (κ2) is 8.78. The molecule has 0 unspecified atom stereocenters. The smallest absolute Gasteiger partial charge is 0.124 e. The van der Waals surface area contributed by atoms with Crippen LogP contribution in [-0.4, -0.2) is 9.78 Å². The van der Waals surface area contributed by atoms with Gasteiger partial charge in [0.1, 0.15) is 5.82 Å². The fourth-order valence-electron chi connectivity index (χ4n) is 3.03. The predicted octanol–water partition coefficient (Wildman–Crippen LogP) is 8.67. The van der Waals surface area contributed by atoms with Gasteiger partial charge in [-0.3, -0.25) is 4.68 Å². The summed E-state index contributed by atoms with van der Waals surface area (Å²) in [5.74, 6) is -0.398. The molecule has 8 heteroatoms. The molecule has 1 heterocycles. The van der Waals surface area contributed by atoms with E-state index < -0.39 is 5.82 Å². The summed E-state index contributed by atoms with van der Waals surface area (Å²) in [5.41, 5.74) is 3.82. The van der Waals surface area contributed by atoms with Crippen LogP contribution in [0.1, 0.15) is 5.56 Å². The molecule has 1 aromatic heterocycles. The minimum atomic E-state index is -0.398. The first-order chi connectivity index (χ1) is 14.3. The molecular weight excluding hydrogens is 489 g/mol. The van der Waals surface area contributed by atoms with Crippen molar-refractivity contribution in [2.24, 2.45) is 0 Å². The monoisotopic (exact) mass is 498 g/mol. The summed E-state index contributed by atoms with van der Waals surface area (Å²) < 4.78 is 15.2. The highest BCUT2D eigenvalue weighted by Gasteiger charge is 2.15. The van der Waals surface area contributed by atoms with Crippen LogP contribution < -0.4 is 0 Å². The van der Waals surface area contributed by atoms with Crippen molar-refractivity contribution in [1.82, 2.24) is 9.78 Å². The van der Waals surface area contributed by atoms with Gasteiger partial charge in [-0.25, -0.2) is 4.39 Å². The highest BCUT2D eigenvalue weighted by Crippen LogP contribution is 2.34. The van der Waals surface area contributed by atoms with Gasteiger partial charge in [0.2, 0.25) is 0 Å². The van der Waals surface area contributed by atoms with E-state index in [1.165, 1.54) is 12.1 Å². The lowest BCUT2D eigenvalue weighted by Gasteiger charge is -2.10. The van der Waals surface area contributed by atoms with Gasteiger partial charge < -0.3 is 0 Å². The Hall–Kier alpha value is -1.75. The number of halogens is 6. The van der Waals surface area contributed by atoms with E-state index in [0.717, 1.165) is 22.4 Å². The van der Waals surface area contributed by atoms with Crippen molar-refractivity contribution in [3.05, 3.63) is 97.2 Å². The summed E-state index contributed by atoms with van der Waals surface area (Å²) in [4.78, 5) is 0. The number of rotatable bonds is 4. The maximum atomic E-state index is 13.5. The topological polar surface area (TPSA) is 17.8 Å². The highest BCUT2D eigenvalue weighted by atomic mass is 35.5. The molecule has 4 aromatic rings. The Kier molecular flexibility index (Phi) is 6.29. The molecule has 0 aliphatic heterocycles. The zero-order chi connectivity index (χ0) is 21.4. The summed E-state index contributed by atoms with van der Waals surface area (Å²) in [6.45, 7) is 0.329. The molecule has 0 bridgehead atoms. The first-order valence-electron chi connectivity index (χ1n) is 8.74. The van der Waals surface area contributed by atoms with E-state index in [4.69, 9.17) is 63.1 Å². The van der Waals surface area contributed by atoms with Gasteiger partial charge in [0.15, 0.2) is 0 Å². The van der Waals surface area contributed by atoms with E-state index in [2.05, 4.69) is 0 Å². The second-order valence-electron chi connectivity index (χ2n) is 6.57. The molecule has 3 aromatic carbocycles. The van der Waals surface area contributed by atoms with Crippen molar-refractivity contribution >= 4 is 58.0 Å². The predicted molar refractivity (Wildman–Crippen MR) is 124 cm³/mol. The van der Waals surface area contributed by atoms with Gasteiger partial charge in [0.05, 0.1) is 38.0 Å². The Balaban J connectivity index is 1.84. The molecule has 0 saturated carbocycles. The third kappa shape index (κ3) is 4.46. The van der Waals surface area contributed by atoms with E-state index in [-0.39, 0.29) is 0 Å². The Morgan fingerprint density at radius 3 is 1.93 bits per heavy atom. The van der Waals surface area contributed by atoms with Gasteiger partial charge in [0.25, 0.3) is 0 Å². The Morgan fingerprint density at radius 2 is 1.30 bits per heavy atom. The lowest BCUT2D eigenvalue weighted by molar-refractivity contribution is 0.625. The van der Waals surface area contributed by atoms with Crippen LogP contribution in [0.5, 0.6) is 0 Å². The largest absolute Gasteiger partial charge is 0.260 e. The van der Waals surface area contributed by atoms with Crippen LogP contribution in [0.15, 0.2) is 60.7 Å². The molecule has 0 N–H and O–H groups in total. The van der Waals surface area contributed by atoms with E-state index in [1.54, 1.807) is 35.0 Å². The van der Waals surface area contributed by atoms with Gasteiger partial charge >= 0.3 is 0 Å². The number of hydrogen-bond acceptors (Lipinski definition) is 1. The van der Waals surface area contributed by atoms with Gasteiger partial charge in [-0.1, -0.05) is 76.2 Å². The zero-order valence-electron chi connectivity index (χ0n) is 15.1. The summed E-state index contributed by atoms with van der Waals surface area (Å²) >= 11 is 30.7. The van der Waals surface area contributed by atoms with Gasteiger partial charge in [-0.05, 0) is 48.0 Å². The standard InChI is InChI=1S/C22H12Cl5FN2/c23-16-5-2-12(7-19(16)26)21-10-22(13-3-6-17(24)20(27)8-13)30(29-21)11-14-1-4-15(28)9-18(14)25/h1-10H,11H2. The fourth-order valence-corrected chi connectivity index (χ4v) is 3.86. The molecule has 2 nitrogen and oxygen atoms in total. The third-order valence-corrected chi connectivity index (χ3v) is 6.38. The lowest BCUT2D eigenvalue weighted by atomic mass is 10.1. The van der Waals surface area contributed by atoms with Crippen LogP contribution in [0.2, 0.25) is 25.1 Å². The Morgan fingerprint density at radius 1 is 0.667 bits per heavy atom. The molecule has 0 saturated heterocycles. The van der Waals surface area contributed by atoms with Gasteiger partial charge in [-0.2, -0.15) is 5.10 Å². The molecule has 0 atom stereocenters. The molecule has 0 aliphatic rings. The zero-order valence-corrected chi connectivity index (χ0v) is 18.9. The molecule has 30 heavy (non-hydrogen) atoms. The fraction of sp³-hybridized carbons (Fsp3) is 0.0455. The number of benzene rings is 3. The minimum absolute atomic E-state index is 0.321. The highest BCUT2D eigenvalue weighted by molar-refractivity contribution is 6.42. The number of nitrogens with zero attached hydrogens (tertiary/aromatic N) is 2. The Labute approximate surface area is 197 Å². The molecule has 0 spiro atoms. The maximum absolute atomic E-state index is 13.5. The molecule has 0 radical (unpaired) electrons. The quantitative estimate of drug-likeness (QED) is 0.274. The summed E-state index contributed by atoms with van der Waals surface area (Å²) in [6.07, 6.45) is 0. The van der Waals surface area contributed by atoms with Crippen LogP contribution in [0.4, 0.5) is 4.39 Å². The lowest BCUT2D eigenvalue weighted by Crippen LogP contribution is -2.05. The molecular formula is C22H12Cl5FN2. The van der Waals surface area contributed by atoms with Crippen molar-refractivity contribution in [2.45, 2.75) is 6.54 Å². The molecule has 152 valence electrons. The van der Waals surface area contributed by atoms with Crippen LogP contribution in [0.25, 0.3) is 22.5 Å². The Bertz CT molecular complexity index is 1250. The number of aromatic nitrogens is 2. The van der Waals surface area contributed by atoms with Crippen molar-refractivity contribution in [3.63, 3.8) is 0 Å². The van der Waals surface area contributed by atoms with Crippen LogP contribution in [0.3, 0.4) is 0 Å². The minimum Gasteiger partial charge on any atom is -0.260 e. The van der Waals surface area contributed by atoms with E-state index >= 15 is 0 Å². The van der Waals surface area contributed by atoms with E-state index in [1.807, 2.05) is 18.2 Å². The normalized spacial score (nSPS) is 11.1. The van der Waals surface area contributed by atoms with Gasteiger partial charge in [0, 0.05) is 16.1 Å². The summed E-state index contributed by atoms with van der Waals surface area (Å²) in [6, 6.07) is 16.8. The second-order valence-corrected chi connectivity index (χ2v) is 8.60. The van der Waals surface area contributed by atoms with Crippen LogP contribution in [0, 0.1) is 5.82 Å².